The molecule has 2 aliphatic rings. The third-order valence-electron chi connectivity index (χ3n) is 7.78. The third kappa shape index (κ3) is 7.49. The van der Waals surface area contributed by atoms with Crippen LogP contribution < -0.4 is 15.4 Å². The van der Waals surface area contributed by atoms with E-state index < -0.39 is 29.5 Å². The Hall–Kier alpha value is -2.77. The number of carbonyl (C=O) groups is 1. The average Bonchev–Trinajstić information content (AvgIpc) is 3.33. The van der Waals surface area contributed by atoms with Crippen molar-refractivity contribution in [3.8, 4) is 0 Å². The number of ether oxygens (including phenoxy) is 1. The lowest BCUT2D eigenvalue weighted by molar-refractivity contribution is -0.605. The first-order valence-electron chi connectivity index (χ1n) is 13.7. The predicted octanol–water partition coefficient (Wildman–Crippen LogP) is 2.29. The first-order chi connectivity index (χ1) is 19.0. The molecule has 9 nitrogen and oxygen atoms in total. The molecule has 1 saturated heterocycles. The predicted molar refractivity (Wildman–Crippen MR) is 140 cm³/mol. The Morgan fingerprint density at radius 3 is 2.58 bits per heavy atom. The first kappa shape index (κ1) is 30.2. The van der Waals surface area contributed by atoms with Crippen molar-refractivity contribution in [1.82, 2.24) is 15.5 Å². The Morgan fingerprint density at radius 1 is 1.23 bits per heavy atom. The fourth-order valence-corrected chi connectivity index (χ4v) is 5.59. The van der Waals surface area contributed by atoms with Gasteiger partial charge in [0.1, 0.15) is 6.23 Å². The monoisotopic (exact) mass is 566 g/mol. The SMILES string of the molecule is CCCO[C@H]1CN(C2CCC(O)(c3cc[n+]([O-])cc3)CC2)C[C@@H]1NC(O)CNC(=O)c1cccc(C(F)(F)F)c1. The summed E-state index contributed by atoms with van der Waals surface area (Å²) in [6.45, 7) is 3.61. The number of aliphatic hydroxyl groups is 2. The molecular formula is C28H37F3N4O5. The van der Waals surface area contributed by atoms with Crippen molar-refractivity contribution in [2.24, 2.45) is 0 Å². The minimum absolute atomic E-state index is 0.141. The third-order valence-corrected chi connectivity index (χ3v) is 7.78. The molecule has 1 aromatic heterocycles. The molecule has 40 heavy (non-hydrogen) atoms. The molecule has 2 heterocycles. The van der Waals surface area contributed by atoms with Gasteiger partial charge in [0.05, 0.1) is 23.8 Å². The van der Waals surface area contributed by atoms with Gasteiger partial charge in [0.25, 0.3) is 5.91 Å². The largest absolute Gasteiger partial charge is 0.619 e. The number of hydrogen-bond donors (Lipinski definition) is 4. The second kappa shape index (κ2) is 12.8. The number of hydrogen-bond acceptors (Lipinski definition) is 7. The van der Waals surface area contributed by atoms with Crippen LogP contribution in [0, 0.1) is 5.21 Å². The molecule has 1 aliphatic heterocycles. The summed E-state index contributed by atoms with van der Waals surface area (Å²) >= 11 is 0. The van der Waals surface area contributed by atoms with Crippen molar-refractivity contribution in [2.75, 3.05) is 26.2 Å². The van der Waals surface area contributed by atoms with Gasteiger partial charge < -0.3 is 25.5 Å². The van der Waals surface area contributed by atoms with Crippen LogP contribution in [0.3, 0.4) is 0 Å². The zero-order chi connectivity index (χ0) is 28.9. The second-order valence-corrected chi connectivity index (χ2v) is 10.7. The molecular weight excluding hydrogens is 529 g/mol. The lowest BCUT2D eigenvalue weighted by atomic mass is 9.77. The molecule has 4 N–H and O–H groups in total. The number of nitrogens with zero attached hydrogens (tertiary/aromatic N) is 2. The molecule has 1 aliphatic carbocycles. The van der Waals surface area contributed by atoms with E-state index in [-0.39, 0.29) is 30.3 Å². The van der Waals surface area contributed by atoms with E-state index in [9.17, 15) is 33.4 Å². The summed E-state index contributed by atoms with van der Waals surface area (Å²) in [5, 5.41) is 38.8. The van der Waals surface area contributed by atoms with Crippen molar-refractivity contribution in [3.63, 3.8) is 0 Å². The maximum atomic E-state index is 13.0. The number of alkyl halides is 3. The number of aliphatic hydroxyl groups excluding tert-OH is 1. The minimum Gasteiger partial charge on any atom is -0.619 e. The fourth-order valence-electron chi connectivity index (χ4n) is 5.59. The molecule has 0 spiro atoms. The molecule has 220 valence electrons. The average molecular weight is 567 g/mol. The van der Waals surface area contributed by atoms with Gasteiger partial charge in [0.2, 0.25) is 0 Å². The number of carbonyl (C=O) groups excluding carboxylic acids is 1. The number of aromatic nitrogens is 1. The highest BCUT2D eigenvalue weighted by Crippen LogP contribution is 2.39. The van der Waals surface area contributed by atoms with E-state index in [4.69, 9.17) is 4.74 Å². The molecule has 1 amide bonds. The highest BCUT2D eigenvalue weighted by Gasteiger charge is 2.42. The van der Waals surface area contributed by atoms with Gasteiger partial charge in [0, 0.05) is 49.5 Å². The summed E-state index contributed by atoms with van der Waals surface area (Å²) in [5.74, 6) is -0.711. The standard InChI is InChI=1S/C28H37F3N4O5/c1-2-14-40-24-18-34(22-6-10-27(38,11-7-22)20-8-12-35(39)13-9-20)17-23(24)33-25(36)16-32-26(37)19-4-3-5-21(15-19)28(29,30)31/h3-5,8-9,12-13,15,22-25,33,36,38H,2,6-7,10-11,14,16-18H2,1H3,(H,32,37)/t22?,23-,24-,25?,27?/m0/s1. The van der Waals surface area contributed by atoms with E-state index in [1.807, 2.05) is 6.92 Å². The second-order valence-electron chi connectivity index (χ2n) is 10.7. The van der Waals surface area contributed by atoms with E-state index in [2.05, 4.69) is 15.5 Å². The van der Waals surface area contributed by atoms with Gasteiger partial charge in [-0.15, -0.1) is 0 Å². The Balaban J connectivity index is 1.31. The summed E-state index contributed by atoms with van der Waals surface area (Å²) in [4.78, 5) is 14.7. The van der Waals surface area contributed by atoms with Gasteiger partial charge >= 0.3 is 6.18 Å². The molecule has 0 radical (unpaired) electrons. The Kier molecular flexibility index (Phi) is 9.68. The van der Waals surface area contributed by atoms with Crippen molar-refractivity contribution >= 4 is 5.91 Å². The Morgan fingerprint density at radius 2 is 1.93 bits per heavy atom. The van der Waals surface area contributed by atoms with Gasteiger partial charge in [-0.1, -0.05) is 13.0 Å². The van der Waals surface area contributed by atoms with Crippen molar-refractivity contribution < 1.29 is 37.6 Å². The normalized spacial score (nSPS) is 26.5. The van der Waals surface area contributed by atoms with Crippen LogP contribution in [0.1, 0.15) is 60.5 Å². The van der Waals surface area contributed by atoms with Crippen molar-refractivity contribution in [3.05, 3.63) is 70.7 Å². The van der Waals surface area contributed by atoms with Crippen LogP contribution in [0.4, 0.5) is 13.2 Å². The number of rotatable bonds is 10. The van der Waals surface area contributed by atoms with Crippen LogP contribution in [-0.2, 0) is 16.5 Å². The van der Waals surface area contributed by atoms with E-state index in [1.165, 1.54) is 24.5 Å². The van der Waals surface area contributed by atoms with E-state index in [0.29, 0.717) is 37.3 Å². The fraction of sp³-hybridized carbons (Fsp3) is 0.571. The summed E-state index contributed by atoms with van der Waals surface area (Å²) in [6, 6.07) is 7.43. The maximum absolute atomic E-state index is 13.0. The molecule has 0 bridgehead atoms. The van der Waals surface area contributed by atoms with Crippen molar-refractivity contribution in [2.45, 2.75) is 75.2 Å². The zero-order valence-corrected chi connectivity index (χ0v) is 22.4. The van der Waals surface area contributed by atoms with Crippen LogP contribution in [-0.4, -0.2) is 71.7 Å². The summed E-state index contributed by atoms with van der Waals surface area (Å²) in [7, 11) is 0. The van der Waals surface area contributed by atoms with Gasteiger partial charge in [-0.25, -0.2) is 0 Å². The van der Waals surface area contributed by atoms with Gasteiger partial charge in [0.15, 0.2) is 12.4 Å². The minimum atomic E-state index is -4.56. The summed E-state index contributed by atoms with van der Waals surface area (Å²) in [5.41, 5.74) is -1.30. The van der Waals surface area contributed by atoms with Gasteiger partial charge in [-0.05, 0) is 55.9 Å². The van der Waals surface area contributed by atoms with Crippen LogP contribution in [0.2, 0.25) is 0 Å². The first-order valence-corrected chi connectivity index (χ1v) is 13.7. The maximum Gasteiger partial charge on any atom is 0.416 e. The van der Waals surface area contributed by atoms with Crippen LogP contribution in [0.25, 0.3) is 0 Å². The highest BCUT2D eigenvalue weighted by atomic mass is 19.4. The Labute approximate surface area is 231 Å². The summed E-state index contributed by atoms with van der Waals surface area (Å²) in [6.07, 6.45) is 0.339. The number of pyridine rings is 1. The van der Waals surface area contributed by atoms with Crippen molar-refractivity contribution in [1.29, 1.82) is 0 Å². The lowest BCUT2D eigenvalue weighted by Gasteiger charge is -2.39. The van der Waals surface area contributed by atoms with E-state index in [0.717, 1.165) is 37.0 Å². The van der Waals surface area contributed by atoms with E-state index in [1.54, 1.807) is 12.1 Å². The number of likely N-dealkylation sites (tertiary alicyclic amines) is 1. The van der Waals surface area contributed by atoms with Crippen LogP contribution >= 0.6 is 0 Å². The van der Waals surface area contributed by atoms with Gasteiger partial charge in [-0.3, -0.25) is 15.0 Å². The molecule has 12 heteroatoms. The topological polar surface area (TPSA) is 121 Å². The molecule has 3 atom stereocenters. The van der Waals surface area contributed by atoms with Crippen LogP contribution in [0.15, 0.2) is 48.8 Å². The highest BCUT2D eigenvalue weighted by molar-refractivity contribution is 5.94. The number of benzene rings is 1. The number of amides is 1. The molecule has 2 aromatic rings. The van der Waals surface area contributed by atoms with Crippen LogP contribution in [0.5, 0.6) is 0 Å². The Bertz CT molecular complexity index is 1130. The van der Waals surface area contributed by atoms with Gasteiger partial charge in [-0.2, -0.15) is 17.9 Å². The molecule has 1 aromatic carbocycles. The molecule has 1 unspecified atom stereocenters. The quantitative estimate of drug-likeness (QED) is 0.198. The smallest absolute Gasteiger partial charge is 0.416 e. The number of nitrogens with one attached hydrogen (secondary N) is 2. The molecule has 1 saturated carbocycles. The van der Waals surface area contributed by atoms with E-state index >= 15 is 0 Å². The lowest BCUT2D eigenvalue weighted by Crippen LogP contribution is -2.50. The zero-order valence-electron chi connectivity index (χ0n) is 22.4. The molecule has 4 rings (SSSR count). The molecule has 2 fully saturated rings. The number of halogens is 3. The summed E-state index contributed by atoms with van der Waals surface area (Å²) < 4.78 is 45.7.